The molecule has 0 aromatic rings. The van der Waals surface area contributed by atoms with Crippen molar-refractivity contribution in [3.05, 3.63) is 6.92 Å². The summed E-state index contributed by atoms with van der Waals surface area (Å²) in [5.74, 6) is 2.64. The average molecular weight is 316 g/mol. The zero-order chi connectivity index (χ0) is 11.7. The molecule has 0 fully saturated rings. The Labute approximate surface area is 137 Å². The fraction of sp³-hybridized carbons (Fsp3) is 0.933. The monoisotopic (exact) mass is 314 g/mol. The molecule has 0 N–H and O–H groups in total. The Morgan fingerprint density at radius 2 is 1.18 bits per heavy atom. The van der Waals surface area contributed by atoms with Gasteiger partial charge < -0.3 is 23.9 Å². The zero-order valence-corrected chi connectivity index (χ0v) is 15.5. The molecule has 2 atom stereocenters. The molecule has 0 nitrogen and oxygen atoms in total. The van der Waals surface area contributed by atoms with Gasteiger partial charge in [0, 0.05) is 0 Å². The van der Waals surface area contributed by atoms with Crippen molar-refractivity contribution in [3.8, 4) is 0 Å². The second-order valence-corrected chi connectivity index (χ2v) is 5.75. The van der Waals surface area contributed by atoms with Gasteiger partial charge in [0.1, 0.15) is 0 Å². The van der Waals surface area contributed by atoms with Crippen molar-refractivity contribution in [2.24, 2.45) is 17.8 Å². The normalized spacial score (nSPS) is 13.8. The molecule has 0 aliphatic carbocycles. The zero-order valence-electron chi connectivity index (χ0n) is 12.5. The van der Waals surface area contributed by atoms with Crippen LogP contribution in [0.2, 0.25) is 0 Å². The van der Waals surface area contributed by atoms with Gasteiger partial charge in [-0.15, -0.1) is 0 Å². The maximum atomic E-state index is 3.95. The smallest absolute Gasteiger partial charge is 1.00 e. The molecule has 0 aromatic heterocycles. The largest absolute Gasteiger partial charge is 2.00 e. The summed E-state index contributed by atoms with van der Waals surface area (Å²) in [5.41, 5.74) is 0. The molecule has 0 saturated carbocycles. The minimum absolute atomic E-state index is 0. The van der Waals surface area contributed by atoms with Crippen LogP contribution < -0.4 is 17.0 Å². The minimum Gasteiger partial charge on any atom is -1.00 e. The van der Waals surface area contributed by atoms with E-state index in [0.29, 0.717) is 0 Å². The van der Waals surface area contributed by atoms with Gasteiger partial charge in [-0.05, 0) is 11.8 Å². The van der Waals surface area contributed by atoms with E-state index in [1.165, 1.54) is 38.5 Å². The summed E-state index contributed by atoms with van der Waals surface area (Å²) in [4.78, 5) is 0. The van der Waals surface area contributed by atoms with Gasteiger partial charge in [0.05, 0.1) is 0 Å². The first-order valence-corrected chi connectivity index (χ1v) is 6.85. The fourth-order valence-electron chi connectivity index (χ4n) is 1.98. The van der Waals surface area contributed by atoms with E-state index in [4.69, 9.17) is 0 Å². The molecule has 100 valence electrons. The van der Waals surface area contributed by atoms with Crippen LogP contribution in [-0.4, -0.2) is 23.1 Å². The summed E-state index contributed by atoms with van der Waals surface area (Å²) in [6, 6.07) is 0. The van der Waals surface area contributed by atoms with Gasteiger partial charge in [0.25, 0.3) is 0 Å². The van der Waals surface area contributed by atoms with E-state index in [2.05, 4.69) is 34.6 Å². The van der Waals surface area contributed by atoms with Crippen molar-refractivity contribution in [3.63, 3.8) is 0 Å². The van der Waals surface area contributed by atoms with Gasteiger partial charge in [-0.3, -0.25) is 0 Å². The molecule has 0 bridgehead atoms. The molecule has 0 heterocycles. The topological polar surface area (TPSA) is 0 Å². The Hall–Kier alpha value is 1.25. The Morgan fingerprint density at radius 3 is 1.59 bits per heavy atom. The van der Waals surface area contributed by atoms with Crippen molar-refractivity contribution in [1.29, 1.82) is 0 Å². The molecular weight excluding hydrogens is 284 g/mol. The first-order valence-electron chi connectivity index (χ1n) is 6.85. The molecule has 2 unspecified atom stereocenters. The predicted molar refractivity (Wildman–Crippen MR) is 76.6 cm³/mol. The first-order chi connectivity index (χ1) is 7.06. The van der Waals surface area contributed by atoms with Crippen molar-refractivity contribution < 1.29 is 17.0 Å². The fourth-order valence-corrected chi connectivity index (χ4v) is 1.98. The number of hydrogen-bond acceptors (Lipinski definition) is 0. The van der Waals surface area contributed by atoms with Crippen molar-refractivity contribution in [1.82, 2.24) is 0 Å². The predicted octanol–water partition coefficient (Wildman–Crippen LogP) is 2.10. The van der Waals surface area contributed by atoms with Gasteiger partial charge >= 0.3 is 23.1 Å². The van der Waals surface area contributed by atoms with Crippen LogP contribution in [0.5, 0.6) is 0 Å². The third kappa shape index (κ3) is 17.2. The van der Waals surface area contributed by atoms with Crippen molar-refractivity contribution in [2.45, 2.75) is 72.6 Å². The number of rotatable bonds is 9. The van der Waals surface area contributed by atoms with Crippen LogP contribution in [0, 0.1) is 24.7 Å². The van der Waals surface area contributed by atoms with Gasteiger partial charge in [0.15, 0.2) is 0 Å². The van der Waals surface area contributed by atoms with E-state index in [1.54, 1.807) is 0 Å². The molecule has 0 aromatic carbocycles. The van der Waals surface area contributed by atoms with E-state index in [-0.39, 0.29) is 40.0 Å². The molecule has 0 aliphatic rings. The van der Waals surface area contributed by atoms with E-state index < -0.39 is 0 Å². The molecule has 0 spiro atoms. The molecule has 17 heavy (non-hydrogen) atoms. The van der Waals surface area contributed by atoms with Crippen LogP contribution in [0.4, 0.5) is 0 Å². The average Bonchev–Trinajstić information content (AvgIpc) is 2.17. The van der Waals surface area contributed by atoms with E-state index in [0.717, 1.165) is 24.2 Å². The third-order valence-corrected chi connectivity index (χ3v) is 3.37. The summed E-state index contributed by atoms with van der Waals surface area (Å²) >= 11 is 0. The van der Waals surface area contributed by atoms with E-state index in [9.17, 15) is 0 Å². The standard InChI is InChI=1S/C15H31.BrH.Mg/c1-6-14(4)10-8-12-15(5)11-7-9-13(2)3;;/h13-15H,1,6-12H2,2-5H3;1H;/q-1;;+2/p-1. The molecule has 0 rings (SSSR count). The summed E-state index contributed by atoms with van der Waals surface area (Å²) in [6.07, 6.45) is 9.54. The second kappa shape index (κ2) is 15.3. The molecule has 2 heteroatoms. The summed E-state index contributed by atoms with van der Waals surface area (Å²) in [5, 5.41) is 0. The SMILES string of the molecule is [Br-].[CH2-]CC(C)CCCC(C)CCCC(C)C.[Mg+2]. The minimum atomic E-state index is 0. The Morgan fingerprint density at radius 1 is 0.765 bits per heavy atom. The Bertz CT molecular complexity index is 137. The first kappa shape index (κ1) is 23.3. The van der Waals surface area contributed by atoms with Gasteiger partial charge in [-0.2, -0.15) is 6.42 Å². The summed E-state index contributed by atoms with van der Waals surface area (Å²) in [7, 11) is 0. The van der Waals surface area contributed by atoms with E-state index >= 15 is 0 Å². The molecule has 0 amide bonds. The van der Waals surface area contributed by atoms with Crippen LogP contribution in [-0.2, 0) is 0 Å². The van der Waals surface area contributed by atoms with Crippen LogP contribution in [0.1, 0.15) is 72.6 Å². The van der Waals surface area contributed by atoms with Crippen molar-refractivity contribution in [2.75, 3.05) is 0 Å². The number of hydrogen-bond donors (Lipinski definition) is 0. The van der Waals surface area contributed by atoms with Gasteiger partial charge in [-0.1, -0.05) is 72.1 Å². The van der Waals surface area contributed by atoms with Crippen LogP contribution >= 0.6 is 0 Å². The quantitative estimate of drug-likeness (QED) is 0.451. The van der Waals surface area contributed by atoms with Crippen LogP contribution in [0.3, 0.4) is 0 Å². The molecular formula is C15H31BrMg. The van der Waals surface area contributed by atoms with Crippen LogP contribution in [0.25, 0.3) is 0 Å². The van der Waals surface area contributed by atoms with Gasteiger partial charge in [0.2, 0.25) is 0 Å². The number of halogens is 1. The molecule has 0 aliphatic heterocycles. The van der Waals surface area contributed by atoms with Gasteiger partial charge in [-0.25, -0.2) is 0 Å². The third-order valence-electron chi connectivity index (χ3n) is 3.37. The summed E-state index contributed by atoms with van der Waals surface area (Å²) in [6.45, 7) is 13.3. The van der Waals surface area contributed by atoms with Crippen molar-refractivity contribution >= 4 is 23.1 Å². The van der Waals surface area contributed by atoms with E-state index in [1.807, 2.05) is 0 Å². The maximum Gasteiger partial charge on any atom is 2.00 e. The second-order valence-electron chi connectivity index (χ2n) is 5.75. The summed E-state index contributed by atoms with van der Waals surface area (Å²) < 4.78 is 0. The Kier molecular flexibility index (Phi) is 21.0. The van der Waals surface area contributed by atoms with Crippen LogP contribution in [0.15, 0.2) is 0 Å². The molecule has 0 saturated heterocycles. The maximum absolute atomic E-state index is 3.95. The Balaban J connectivity index is -0.000000980. The molecule has 0 radical (unpaired) electrons.